The molecule has 0 bridgehead atoms. The van der Waals surface area contributed by atoms with Gasteiger partial charge < -0.3 is 14.6 Å². The summed E-state index contributed by atoms with van der Waals surface area (Å²) in [5.41, 5.74) is 0.939. The van der Waals surface area contributed by atoms with Gasteiger partial charge >= 0.3 is 6.09 Å². The van der Waals surface area contributed by atoms with Crippen molar-refractivity contribution in [3.05, 3.63) is 47.0 Å². The minimum absolute atomic E-state index is 0.0308. The van der Waals surface area contributed by atoms with Gasteiger partial charge in [-0.3, -0.25) is 9.69 Å². The van der Waals surface area contributed by atoms with Crippen LogP contribution in [0.4, 0.5) is 19.3 Å². The zero-order valence-corrected chi connectivity index (χ0v) is 16.0. The number of halogens is 2. The molecule has 1 aromatic carbocycles. The highest BCUT2D eigenvalue weighted by Gasteiger charge is 2.33. The Morgan fingerprint density at radius 1 is 1.40 bits per heavy atom. The number of carbonyl (C=O) groups is 2. The first-order chi connectivity index (χ1) is 14.4. The number of fused-ring (bicyclic) bond motifs is 1. The van der Waals surface area contributed by atoms with Gasteiger partial charge in [-0.1, -0.05) is 0 Å². The van der Waals surface area contributed by atoms with Crippen LogP contribution in [0.2, 0.25) is 0 Å². The predicted octanol–water partition coefficient (Wildman–Crippen LogP) is 2.44. The smallest absolute Gasteiger partial charge is 0.414 e. The summed E-state index contributed by atoms with van der Waals surface area (Å²) in [6, 6.07) is 4.12. The van der Waals surface area contributed by atoms with Crippen molar-refractivity contribution in [2.24, 2.45) is 0 Å². The number of carbonyl (C=O) groups excluding carboxylic acids is 2. The van der Waals surface area contributed by atoms with Crippen LogP contribution < -0.4 is 10.2 Å². The van der Waals surface area contributed by atoms with Gasteiger partial charge in [-0.2, -0.15) is 5.26 Å². The van der Waals surface area contributed by atoms with E-state index in [0.29, 0.717) is 24.2 Å². The SMILES string of the molecule is CC(=O)NC[C@H]1CN(c2cc(F)c(C3=Cc4c(C#N)ncn4CC3)c(F)c2)C(=O)O1. The molecule has 0 spiro atoms. The molecule has 0 aliphatic carbocycles. The molecule has 10 heteroatoms. The second-order valence-electron chi connectivity index (χ2n) is 7.04. The molecule has 0 radical (unpaired) electrons. The van der Waals surface area contributed by atoms with Gasteiger partial charge in [-0.15, -0.1) is 0 Å². The van der Waals surface area contributed by atoms with Crippen molar-refractivity contribution < 1.29 is 23.1 Å². The van der Waals surface area contributed by atoms with Crippen molar-refractivity contribution in [1.29, 1.82) is 5.26 Å². The molecule has 0 saturated carbocycles. The molecule has 1 fully saturated rings. The van der Waals surface area contributed by atoms with E-state index in [0.717, 1.165) is 17.0 Å². The number of anilines is 1. The van der Waals surface area contributed by atoms with Crippen molar-refractivity contribution in [1.82, 2.24) is 14.9 Å². The minimum Gasteiger partial charge on any atom is -0.442 e. The van der Waals surface area contributed by atoms with Crippen LogP contribution in [0, 0.1) is 23.0 Å². The van der Waals surface area contributed by atoms with Crippen molar-refractivity contribution in [3.8, 4) is 6.07 Å². The minimum atomic E-state index is -0.819. The molecule has 2 aliphatic rings. The number of allylic oxidation sites excluding steroid dienone is 1. The van der Waals surface area contributed by atoms with E-state index in [1.54, 1.807) is 10.6 Å². The summed E-state index contributed by atoms with van der Waals surface area (Å²) in [5, 5.41) is 11.7. The van der Waals surface area contributed by atoms with Crippen LogP contribution in [-0.4, -0.2) is 40.7 Å². The zero-order valence-electron chi connectivity index (χ0n) is 16.0. The average molecular weight is 413 g/mol. The van der Waals surface area contributed by atoms with Crippen LogP contribution in [0.3, 0.4) is 0 Å². The molecule has 0 unspecified atom stereocenters. The molecule has 1 atom stereocenters. The van der Waals surface area contributed by atoms with Crippen LogP contribution in [0.1, 0.15) is 30.3 Å². The highest BCUT2D eigenvalue weighted by molar-refractivity contribution is 5.91. The van der Waals surface area contributed by atoms with Gasteiger partial charge in [0.15, 0.2) is 5.69 Å². The Bertz CT molecular complexity index is 1100. The van der Waals surface area contributed by atoms with Crippen LogP contribution >= 0.6 is 0 Å². The van der Waals surface area contributed by atoms with Gasteiger partial charge in [-0.25, -0.2) is 18.6 Å². The maximum atomic E-state index is 14.9. The summed E-state index contributed by atoms with van der Waals surface area (Å²) < 4.78 is 36.7. The first kappa shape index (κ1) is 19.6. The normalized spacial score (nSPS) is 17.8. The molecular weight excluding hydrogens is 396 g/mol. The quantitative estimate of drug-likeness (QED) is 0.830. The van der Waals surface area contributed by atoms with Crippen LogP contribution in [0.15, 0.2) is 18.5 Å². The lowest BCUT2D eigenvalue weighted by molar-refractivity contribution is -0.119. The lowest BCUT2D eigenvalue weighted by Gasteiger charge is -2.19. The number of imidazole rings is 1. The number of nitriles is 1. The van der Waals surface area contributed by atoms with Gasteiger partial charge in [0.25, 0.3) is 0 Å². The number of amides is 2. The molecule has 8 nitrogen and oxygen atoms in total. The van der Waals surface area contributed by atoms with E-state index in [1.165, 1.54) is 13.3 Å². The molecule has 2 aliphatic heterocycles. The molecule has 1 saturated heterocycles. The number of nitrogens with one attached hydrogen (secondary N) is 1. The predicted molar refractivity (Wildman–Crippen MR) is 102 cm³/mol. The largest absolute Gasteiger partial charge is 0.442 e. The van der Waals surface area contributed by atoms with E-state index in [-0.39, 0.29) is 35.9 Å². The standard InChI is InChI=1S/C20H17F2N5O3/c1-11(28)24-8-14-9-27(20(29)30-14)13-5-15(21)19(16(22)6-13)12-2-3-26-10-25-17(7-23)18(26)4-12/h4-6,10,14H,2-3,8-9H2,1H3,(H,24,28)/t14-/m0/s1. The molecule has 4 rings (SSSR count). The van der Waals surface area contributed by atoms with Crippen molar-refractivity contribution in [3.63, 3.8) is 0 Å². The van der Waals surface area contributed by atoms with Crippen LogP contribution in [0.5, 0.6) is 0 Å². The highest BCUT2D eigenvalue weighted by Crippen LogP contribution is 2.34. The second-order valence-corrected chi connectivity index (χ2v) is 7.04. The maximum absolute atomic E-state index is 14.9. The number of ether oxygens (including phenoxy) is 1. The van der Waals surface area contributed by atoms with E-state index in [9.17, 15) is 18.4 Å². The third kappa shape index (κ3) is 3.50. The first-order valence-electron chi connectivity index (χ1n) is 9.25. The molecule has 1 N–H and O–H groups in total. The number of aromatic nitrogens is 2. The first-order valence-corrected chi connectivity index (χ1v) is 9.25. The summed E-state index contributed by atoms with van der Waals surface area (Å²) in [4.78, 5) is 28.2. The van der Waals surface area contributed by atoms with Gasteiger partial charge in [-0.05, 0) is 30.2 Å². The number of cyclic esters (lactones) is 1. The highest BCUT2D eigenvalue weighted by atomic mass is 19.1. The van der Waals surface area contributed by atoms with Crippen LogP contribution in [-0.2, 0) is 16.1 Å². The number of aryl methyl sites for hydroxylation is 1. The van der Waals surface area contributed by atoms with Crippen molar-refractivity contribution in [2.45, 2.75) is 26.0 Å². The fourth-order valence-corrected chi connectivity index (χ4v) is 3.60. The van der Waals surface area contributed by atoms with Gasteiger partial charge in [0, 0.05) is 19.0 Å². The van der Waals surface area contributed by atoms with Crippen molar-refractivity contribution in [2.75, 3.05) is 18.0 Å². The van der Waals surface area contributed by atoms with E-state index >= 15 is 0 Å². The summed E-state index contributed by atoms with van der Waals surface area (Å²) in [7, 11) is 0. The Morgan fingerprint density at radius 2 is 2.13 bits per heavy atom. The Kier molecular flexibility index (Phi) is 4.95. The Hall–Kier alpha value is -3.74. The average Bonchev–Trinajstić information content (AvgIpc) is 3.28. The Balaban J connectivity index is 1.61. The third-order valence-electron chi connectivity index (χ3n) is 5.03. The summed E-state index contributed by atoms with van der Waals surface area (Å²) in [6.07, 6.45) is 2.10. The third-order valence-corrected chi connectivity index (χ3v) is 5.03. The summed E-state index contributed by atoms with van der Waals surface area (Å²) in [5.74, 6) is -1.91. The number of hydrogen-bond acceptors (Lipinski definition) is 5. The van der Waals surface area contributed by atoms with Crippen LogP contribution in [0.25, 0.3) is 11.6 Å². The fraction of sp³-hybridized carbons (Fsp3) is 0.300. The molecule has 154 valence electrons. The summed E-state index contributed by atoms with van der Waals surface area (Å²) in [6.45, 7) is 1.96. The summed E-state index contributed by atoms with van der Waals surface area (Å²) >= 11 is 0. The van der Waals surface area contributed by atoms with E-state index < -0.39 is 23.8 Å². The van der Waals surface area contributed by atoms with Gasteiger partial charge in [0.1, 0.15) is 23.8 Å². The van der Waals surface area contributed by atoms with E-state index in [1.807, 2.05) is 6.07 Å². The molecule has 30 heavy (non-hydrogen) atoms. The molecule has 2 aromatic rings. The number of rotatable bonds is 4. The lowest BCUT2D eigenvalue weighted by atomic mass is 9.97. The van der Waals surface area contributed by atoms with Gasteiger partial charge in [0.05, 0.1) is 30.8 Å². The van der Waals surface area contributed by atoms with Crippen molar-refractivity contribution >= 4 is 29.3 Å². The van der Waals surface area contributed by atoms with Gasteiger partial charge in [0.2, 0.25) is 5.91 Å². The maximum Gasteiger partial charge on any atom is 0.414 e. The molecule has 1 aromatic heterocycles. The molecule has 2 amide bonds. The monoisotopic (exact) mass is 413 g/mol. The Morgan fingerprint density at radius 3 is 2.80 bits per heavy atom. The molecule has 3 heterocycles. The van der Waals surface area contributed by atoms with E-state index in [2.05, 4.69) is 10.3 Å². The number of nitrogens with zero attached hydrogens (tertiary/aromatic N) is 4. The molecular formula is C20H17F2N5O3. The number of benzene rings is 1. The zero-order chi connectivity index (χ0) is 21.4. The lowest BCUT2D eigenvalue weighted by Crippen LogP contribution is -2.33. The number of hydrogen-bond donors (Lipinski definition) is 1. The second kappa shape index (κ2) is 7.59. The van der Waals surface area contributed by atoms with E-state index in [4.69, 9.17) is 10.00 Å². The Labute approximate surface area is 170 Å². The topological polar surface area (TPSA) is 100 Å². The fourth-order valence-electron chi connectivity index (χ4n) is 3.60.